The van der Waals surface area contributed by atoms with Gasteiger partial charge in [0.15, 0.2) is 0 Å². The van der Waals surface area contributed by atoms with E-state index in [2.05, 4.69) is 10.6 Å². The minimum atomic E-state index is -0.547. The molecule has 2 aliphatic rings. The molecule has 1 heterocycles. The number of carbonyl (C=O) groups is 2. The number of hydrogen-bond acceptors (Lipinski definition) is 4. The quantitative estimate of drug-likeness (QED) is 0.623. The van der Waals surface area contributed by atoms with Crippen molar-refractivity contribution >= 4 is 23.3 Å². The molecule has 2 fully saturated rings. The predicted octanol–water partition coefficient (Wildman–Crippen LogP) is 3.35. The Labute approximate surface area is 158 Å². The molecule has 146 valence electrons. The van der Waals surface area contributed by atoms with Gasteiger partial charge in [-0.1, -0.05) is 25.3 Å². The van der Waals surface area contributed by atoms with Crippen LogP contribution in [0.25, 0.3) is 0 Å². The molecule has 1 atom stereocenters. The van der Waals surface area contributed by atoms with Crippen LogP contribution in [0, 0.1) is 17.0 Å². The summed E-state index contributed by atoms with van der Waals surface area (Å²) in [4.78, 5) is 37.5. The van der Waals surface area contributed by atoms with Gasteiger partial charge < -0.3 is 15.5 Å². The number of nitro groups is 1. The number of nitro benzene ring substituents is 1. The first-order chi connectivity index (χ1) is 13.0. The largest absolute Gasteiger partial charge is 0.335 e. The Morgan fingerprint density at radius 2 is 1.89 bits per heavy atom. The van der Waals surface area contributed by atoms with E-state index < -0.39 is 11.0 Å². The lowest BCUT2D eigenvalue weighted by molar-refractivity contribution is -0.385. The molecule has 1 aliphatic carbocycles. The first-order valence-corrected chi connectivity index (χ1v) is 9.59. The molecule has 1 saturated heterocycles. The van der Waals surface area contributed by atoms with Gasteiger partial charge in [-0.25, -0.2) is 4.79 Å². The van der Waals surface area contributed by atoms with Crippen molar-refractivity contribution in [1.29, 1.82) is 0 Å². The number of benzene rings is 1. The second-order valence-electron chi connectivity index (χ2n) is 7.38. The third kappa shape index (κ3) is 4.56. The summed E-state index contributed by atoms with van der Waals surface area (Å²) in [5.41, 5.74) is 0.871. The van der Waals surface area contributed by atoms with Crippen LogP contribution in [0.4, 0.5) is 16.2 Å². The first kappa shape index (κ1) is 19.1. The Hall–Kier alpha value is -2.64. The first-order valence-electron chi connectivity index (χ1n) is 9.59. The summed E-state index contributed by atoms with van der Waals surface area (Å²) < 4.78 is 0. The Kier molecular flexibility index (Phi) is 5.93. The Morgan fingerprint density at radius 3 is 2.59 bits per heavy atom. The summed E-state index contributed by atoms with van der Waals surface area (Å²) in [6.07, 6.45) is 6.81. The maximum Gasteiger partial charge on any atom is 0.318 e. The molecule has 1 aliphatic heterocycles. The number of anilines is 1. The van der Waals surface area contributed by atoms with Crippen LogP contribution in [0.2, 0.25) is 0 Å². The summed E-state index contributed by atoms with van der Waals surface area (Å²) in [6, 6.07) is 4.06. The lowest BCUT2D eigenvalue weighted by atomic mass is 9.96. The fraction of sp³-hybridized carbons (Fsp3) is 0.579. The molecule has 8 nitrogen and oxygen atoms in total. The Morgan fingerprint density at radius 1 is 1.15 bits per heavy atom. The molecule has 1 saturated carbocycles. The van der Waals surface area contributed by atoms with Gasteiger partial charge >= 0.3 is 6.03 Å². The fourth-order valence-electron chi connectivity index (χ4n) is 3.90. The van der Waals surface area contributed by atoms with Crippen LogP contribution < -0.4 is 10.6 Å². The lowest BCUT2D eigenvalue weighted by Crippen LogP contribution is -2.50. The molecule has 0 radical (unpaired) electrons. The minimum Gasteiger partial charge on any atom is -0.335 e. The molecule has 0 aromatic heterocycles. The van der Waals surface area contributed by atoms with E-state index in [1.807, 2.05) is 0 Å². The van der Waals surface area contributed by atoms with E-state index in [1.54, 1.807) is 24.0 Å². The van der Waals surface area contributed by atoms with Crippen molar-refractivity contribution in [1.82, 2.24) is 10.2 Å². The maximum absolute atomic E-state index is 12.7. The van der Waals surface area contributed by atoms with Gasteiger partial charge in [0.2, 0.25) is 5.91 Å². The molecule has 3 rings (SSSR count). The van der Waals surface area contributed by atoms with Gasteiger partial charge in [-0.05, 0) is 38.7 Å². The SMILES string of the molecule is Cc1ccc(NC(=O)C2CCCN2C(=O)NC2CCCCC2)cc1[N+](=O)[O-]. The summed E-state index contributed by atoms with van der Waals surface area (Å²) in [6.45, 7) is 2.20. The fourth-order valence-corrected chi connectivity index (χ4v) is 3.90. The van der Waals surface area contributed by atoms with Gasteiger partial charge in [-0.3, -0.25) is 14.9 Å². The molecular weight excluding hydrogens is 348 g/mol. The number of aryl methyl sites for hydroxylation is 1. The third-order valence-electron chi connectivity index (χ3n) is 5.42. The topological polar surface area (TPSA) is 105 Å². The van der Waals surface area contributed by atoms with Crippen LogP contribution in [-0.2, 0) is 4.79 Å². The molecular formula is C19H26N4O4. The van der Waals surface area contributed by atoms with Gasteiger partial charge in [0.1, 0.15) is 6.04 Å². The highest BCUT2D eigenvalue weighted by molar-refractivity contribution is 5.97. The number of hydrogen-bond donors (Lipinski definition) is 2. The van der Waals surface area contributed by atoms with Crippen LogP contribution in [0.15, 0.2) is 18.2 Å². The summed E-state index contributed by atoms with van der Waals surface area (Å²) >= 11 is 0. The van der Waals surface area contributed by atoms with Crippen LogP contribution in [0.3, 0.4) is 0 Å². The Bertz CT molecular complexity index is 730. The summed E-state index contributed by atoms with van der Waals surface area (Å²) in [5, 5.41) is 16.9. The van der Waals surface area contributed by atoms with Gasteiger partial charge in [-0.2, -0.15) is 0 Å². The molecule has 2 N–H and O–H groups in total. The van der Waals surface area contributed by atoms with E-state index in [1.165, 1.54) is 12.5 Å². The van der Waals surface area contributed by atoms with E-state index in [0.29, 0.717) is 24.2 Å². The lowest BCUT2D eigenvalue weighted by Gasteiger charge is -2.29. The van der Waals surface area contributed by atoms with Gasteiger partial charge in [0.05, 0.1) is 4.92 Å². The van der Waals surface area contributed by atoms with Crippen molar-refractivity contribution in [3.05, 3.63) is 33.9 Å². The van der Waals surface area contributed by atoms with E-state index in [-0.39, 0.29) is 23.7 Å². The molecule has 1 unspecified atom stereocenters. The van der Waals surface area contributed by atoms with Crippen molar-refractivity contribution in [3.8, 4) is 0 Å². The molecule has 1 aromatic rings. The maximum atomic E-state index is 12.7. The van der Waals surface area contributed by atoms with E-state index >= 15 is 0 Å². The number of rotatable bonds is 4. The minimum absolute atomic E-state index is 0.0360. The van der Waals surface area contributed by atoms with Gasteiger partial charge in [0.25, 0.3) is 5.69 Å². The zero-order chi connectivity index (χ0) is 19.4. The van der Waals surface area contributed by atoms with E-state index in [0.717, 1.165) is 32.1 Å². The second kappa shape index (κ2) is 8.37. The average molecular weight is 374 g/mol. The van der Waals surface area contributed by atoms with Crippen molar-refractivity contribution in [2.45, 2.75) is 64.0 Å². The average Bonchev–Trinajstić information content (AvgIpc) is 3.14. The van der Waals surface area contributed by atoms with Crippen LogP contribution >= 0.6 is 0 Å². The molecule has 1 aromatic carbocycles. The molecule has 27 heavy (non-hydrogen) atoms. The second-order valence-corrected chi connectivity index (χ2v) is 7.38. The Balaban J connectivity index is 1.64. The van der Waals surface area contributed by atoms with Gasteiger partial charge in [-0.15, -0.1) is 0 Å². The highest BCUT2D eigenvalue weighted by atomic mass is 16.6. The van der Waals surface area contributed by atoms with Gasteiger partial charge in [0, 0.05) is 29.9 Å². The predicted molar refractivity (Wildman–Crippen MR) is 102 cm³/mol. The standard InChI is InChI=1S/C19H26N4O4/c1-13-9-10-15(12-17(13)23(26)27)20-18(24)16-8-5-11-22(16)19(25)21-14-6-3-2-4-7-14/h9-10,12,14,16H,2-8,11H2,1H3,(H,20,24)(H,21,25). The molecule has 3 amide bonds. The number of nitrogens with zero attached hydrogens (tertiary/aromatic N) is 2. The third-order valence-corrected chi connectivity index (χ3v) is 5.42. The smallest absolute Gasteiger partial charge is 0.318 e. The summed E-state index contributed by atoms with van der Waals surface area (Å²) in [5.74, 6) is -0.301. The molecule has 0 bridgehead atoms. The van der Waals surface area contributed by atoms with Crippen LogP contribution in [0.5, 0.6) is 0 Å². The van der Waals surface area contributed by atoms with E-state index in [4.69, 9.17) is 0 Å². The molecule has 0 spiro atoms. The highest BCUT2D eigenvalue weighted by Gasteiger charge is 2.35. The van der Waals surface area contributed by atoms with Crippen molar-refractivity contribution in [2.75, 3.05) is 11.9 Å². The number of urea groups is 1. The zero-order valence-electron chi connectivity index (χ0n) is 15.6. The van der Waals surface area contributed by atoms with Crippen LogP contribution in [0.1, 0.15) is 50.5 Å². The number of nitrogens with one attached hydrogen (secondary N) is 2. The normalized spacial score (nSPS) is 20.3. The van der Waals surface area contributed by atoms with Crippen molar-refractivity contribution < 1.29 is 14.5 Å². The number of carbonyl (C=O) groups excluding carboxylic acids is 2. The monoisotopic (exact) mass is 374 g/mol. The van der Waals surface area contributed by atoms with Crippen molar-refractivity contribution in [3.63, 3.8) is 0 Å². The summed E-state index contributed by atoms with van der Waals surface area (Å²) in [7, 11) is 0. The van der Waals surface area contributed by atoms with E-state index in [9.17, 15) is 19.7 Å². The van der Waals surface area contributed by atoms with Crippen molar-refractivity contribution in [2.24, 2.45) is 0 Å². The highest BCUT2D eigenvalue weighted by Crippen LogP contribution is 2.25. The zero-order valence-corrected chi connectivity index (χ0v) is 15.6. The molecule has 8 heteroatoms. The van der Waals surface area contributed by atoms with Crippen LogP contribution in [-0.4, -0.2) is 40.4 Å². The number of amides is 3. The number of likely N-dealkylation sites (tertiary alicyclic amines) is 1.